The molecule has 3 aromatic carbocycles. The molecule has 1 saturated carbocycles. The molecule has 1 aromatic heterocycles. The fourth-order valence-corrected chi connectivity index (χ4v) is 6.44. The molecule has 0 aliphatic heterocycles. The monoisotopic (exact) mass is 580 g/mol. The van der Waals surface area contributed by atoms with Crippen LogP contribution in [0.2, 0.25) is 0 Å². The number of aliphatic hydroxyl groups is 1. The van der Waals surface area contributed by atoms with Gasteiger partial charge in [-0.3, -0.25) is 4.79 Å². The second kappa shape index (κ2) is 13.1. The van der Waals surface area contributed by atoms with E-state index in [1.807, 2.05) is 18.2 Å². The molecule has 1 heterocycles. The number of ether oxygens (including phenoxy) is 1. The third-order valence-electron chi connectivity index (χ3n) is 7.40. The molecular formula is C32H34F2N2O4S. The molecule has 1 atom stereocenters. The van der Waals surface area contributed by atoms with Crippen LogP contribution in [0.5, 0.6) is 11.5 Å². The lowest BCUT2D eigenvalue weighted by molar-refractivity contribution is -0.0468. The summed E-state index contributed by atoms with van der Waals surface area (Å²) in [5.41, 5.74) is 1.52. The SMILES string of the molecule is O=c1ccc2c([C@H](O)CNCCc3ccc(OCC(F)(F)c4cccc(SC5CCCC5)c4)cc3)ccc(O)c2[nH]1. The number of rotatable bonds is 12. The van der Waals surface area contributed by atoms with Gasteiger partial charge in [0, 0.05) is 33.7 Å². The minimum Gasteiger partial charge on any atom is -0.506 e. The van der Waals surface area contributed by atoms with Crippen molar-refractivity contribution in [3.05, 3.63) is 99.8 Å². The van der Waals surface area contributed by atoms with Crippen molar-refractivity contribution in [2.24, 2.45) is 0 Å². The normalized spacial score (nSPS) is 14.9. The Hall–Kier alpha value is -3.40. The number of aromatic amines is 1. The van der Waals surface area contributed by atoms with E-state index < -0.39 is 18.6 Å². The van der Waals surface area contributed by atoms with Crippen LogP contribution in [0.3, 0.4) is 0 Å². The number of phenols is 1. The highest BCUT2D eigenvalue weighted by molar-refractivity contribution is 8.00. The van der Waals surface area contributed by atoms with E-state index in [0.717, 1.165) is 23.3 Å². The first kappa shape index (κ1) is 29.1. The van der Waals surface area contributed by atoms with Crippen molar-refractivity contribution < 1.29 is 23.7 Å². The van der Waals surface area contributed by atoms with Gasteiger partial charge in [0.15, 0.2) is 6.61 Å². The molecular weight excluding hydrogens is 546 g/mol. The summed E-state index contributed by atoms with van der Waals surface area (Å²) < 4.78 is 35.3. The third-order valence-corrected chi connectivity index (χ3v) is 8.73. The average Bonchev–Trinajstić information content (AvgIpc) is 3.48. The fourth-order valence-electron chi connectivity index (χ4n) is 5.14. The van der Waals surface area contributed by atoms with Gasteiger partial charge in [0.05, 0.1) is 11.6 Å². The van der Waals surface area contributed by atoms with Gasteiger partial charge in [0.1, 0.15) is 11.5 Å². The topological polar surface area (TPSA) is 94.6 Å². The van der Waals surface area contributed by atoms with Crippen LogP contribution in [-0.4, -0.2) is 40.1 Å². The predicted octanol–water partition coefficient (Wildman–Crippen LogP) is 6.30. The van der Waals surface area contributed by atoms with Gasteiger partial charge in [-0.15, -0.1) is 11.8 Å². The van der Waals surface area contributed by atoms with Gasteiger partial charge < -0.3 is 25.3 Å². The van der Waals surface area contributed by atoms with E-state index in [1.165, 1.54) is 31.0 Å². The van der Waals surface area contributed by atoms with Crippen LogP contribution in [0.4, 0.5) is 8.78 Å². The molecule has 1 fully saturated rings. The molecule has 1 aliphatic carbocycles. The number of nitrogens with one attached hydrogen (secondary N) is 2. The number of phenolic OH excluding ortho intramolecular Hbond substituents is 1. The number of aromatic nitrogens is 1. The Balaban J connectivity index is 1.09. The number of pyridine rings is 1. The number of benzene rings is 3. The third kappa shape index (κ3) is 7.47. The highest BCUT2D eigenvalue weighted by Crippen LogP contribution is 2.37. The Morgan fingerprint density at radius 1 is 1.05 bits per heavy atom. The molecule has 6 nitrogen and oxygen atoms in total. The number of fused-ring (bicyclic) bond motifs is 1. The Labute approximate surface area is 241 Å². The maximum atomic E-state index is 14.9. The summed E-state index contributed by atoms with van der Waals surface area (Å²) >= 11 is 1.69. The largest absolute Gasteiger partial charge is 0.506 e. The van der Waals surface area contributed by atoms with Gasteiger partial charge in [-0.25, -0.2) is 0 Å². The summed E-state index contributed by atoms with van der Waals surface area (Å²) in [4.78, 5) is 15.1. The lowest BCUT2D eigenvalue weighted by Gasteiger charge is -2.19. The molecule has 0 bridgehead atoms. The Kier molecular flexibility index (Phi) is 9.27. The molecule has 4 N–H and O–H groups in total. The zero-order valence-electron chi connectivity index (χ0n) is 22.6. The minimum atomic E-state index is -3.10. The Bertz CT molecular complexity index is 1520. The molecule has 0 amide bonds. The van der Waals surface area contributed by atoms with Crippen LogP contribution < -0.4 is 15.6 Å². The number of hydrogen-bond donors (Lipinski definition) is 4. The van der Waals surface area contributed by atoms with E-state index in [0.29, 0.717) is 40.4 Å². The summed E-state index contributed by atoms with van der Waals surface area (Å²) in [5.74, 6) is -2.78. The summed E-state index contributed by atoms with van der Waals surface area (Å²) in [6.45, 7) is 0.121. The fraction of sp³-hybridized carbons (Fsp3) is 0.344. The second-order valence-corrected chi connectivity index (χ2v) is 11.8. The summed E-state index contributed by atoms with van der Waals surface area (Å²) in [6, 6.07) is 19.7. The van der Waals surface area contributed by atoms with Crippen LogP contribution >= 0.6 is 11.8 Å². The summed E-state index contributed by atoms with van der Waals surface area (Å²) in [7, 11) is 0. The van der Waals surface area contributed by atoms with E-state index in [4.69, 9.17) is 4.74 Å². The molecule has 216 valence electrons. The number of halogens is 2. The summed E-state index contributed by atoms with van der Waals surface area (Å²) in [5, 5.41) is 25.0. The molecule has 9 heteroatoms. The zero-order valence-corrected chi connectivity index (χ0v) is 23.4. The maximum absolute atomic E-state index is 14.9. The number of aromatic hydroxyl groups is 1. The van der Waals surface area contributed by atoms with E-state index in [9.17, 15) is 23.8 Å². The van der Waals surface area contributed by atoms with Gasteiger partial charge >= 0.3 is 5.92 Å². The standard InChI is InChI=1S/C32H34F2N2O4S/c33-32(34,22-4-3-7-25(18-22)41-24-5-1-2-6-24)20-40-23-10-8-21(9-11-23)16-17-35-19-29(38)26-12-14-28(37)31-27(26)13-15-30(39)36-31/h3-4,7-15,18,24,29,35,37-38H,1-2,5-6,16-17,19-20H2,(H,36,39)/t29-/m1/s1. The van der Waals surface area contributed by atoms with Crippen LogP contribution in [0.25, 0.3) is 10.9 Å². The quantitative estimate of drug-likeness (QED) is 0.147. The van der Waals surface area contributed by atoms with Gasteiger partial charge in [-0.1, -0.05) is 43.2 Å². The van der Waals surface area contributed by atoms with Gasteiger partial charge in [-0.2, -0.15) is 8.78 Å². The number of hydrogen-bond acceptors (Lipinski definition) is 6. The van der Waals surface area contributed by atoms with Crippen molar-refractivity contribution in [2.75, 3.05) is 19.7 Å². The summed E-state index contributed by atoms with van der Waals surface area (Å²) in [6.07, 6.45) is 4.53. The van der Waals surface area contributed by atoms with Crippen molar-refractivity contribution in [3.8, 4) is 11.5 Å². The lowest BCUT2D eigenvalue weighted by Crippen LogP contribution is -2.24. The second-order valence-electron chi connectivity index (χ2n) is 10.4. The van der Waals surface area contributed by atoms with Crippen molar-refractivity contribution in [3.63, 3.8) is 0 Å². The molecule has 0 saturated heterocycles. The maximum Gasteiger partial charge on any atom is 0.306 e. The smallest absolute Gasteiger partial charge is 0.306 e. The molecule has 0 spiro atoms. The first-order valence-electron chi connectivity index (χ1n) is 13.9. The molecule has 1 aliphatic rings. The van der Waals surface area contributed by atoms with Crippen molar-refractivity contribution in [1.82, 2.24) is 10.3 Å². The first-order chi connectivity index (χ1) is 19.8. The highest BCUT2D eigenvalue weighted by atomic mass is 32.2. The molecule has 4 aromatic rings. The van der Waals surface area contributed by atoms with Gasteiger partial charge in [0.2, 0.25) is 5.56 Å². The van der Waals surface area contributed by atoms with E-state index in [2.05, 4.69) is 10.3 Å². The lowest BCUT2D eigenvalue weighted by atomic mass is 10.0. The zero-order chi connectivity index (χ0) is 28.8. The number of H-pyrrole nitrogens is 1. The van der Waals surface area contributed by atoms with Crippen LogP contribution in [0.15, 0.2) is 82.5 Å². The molecule has 0 radical (unpaired) electrons. The van der Waals surface area contributed by atoms with Gasteiger partial charge in [-0.05, 0) is 73.3 Å². The van der Waals surface area contributed by atoms with Gasteiger partial charge in [0.25, 0.3) is 0 Å². The van der Waals surface area contributed by atoms with E-state index in [1.54, 1.807) is 48.2 Å². The van der Waals surface area contributed by atoms with Crippen molar-refractivity contribution >= 4 is 22.7 Å². The number of alkyl halides is 2. The molecule has 5 rings (SSSR count). The van der Waals surface area contributed by atoms with E-state index >= 15 is 0 Å². The van der Waals surface area contributed by atoms with E-state index in [-0.39, 0.29) is 23.4 Å². The molecule has 0 unspecified atom stereocenters. The Morgan fingerprint density at radius 2 is 1.83 bits per heavy atom. The predicted molar refractivity (Wildman–Crippen MR) is 158 cm³/mol. The van der Waals surface area contributed by atoms with Crippen LogP contribution in [-0.2, 0) is 12.3 Å². The van der Waals surface area contributed by atoms with Crippen LogP contribution in [0.1, 0.15) is 48.5 Å². The van der Waals surface area contributed by atoms with Crippen molar-refractivity contribution in [1.29, 1.82) is 0 Å². The highest BCUT2D eigenvalue weighted by Gasteiger charge is 2.33. The number of aliphatic hydroxyl groups excluding tert-OH is 1. The first-order valence-corrected chi connectivity index (χ1v) is 14.8. The van der Waals surface area contributed by atoms with Crippen LogP contribution in [0, 0.1) is 0 Å². The Morgan fingerprint density at radius 3 is 2.61 bits per heavy atom. The van der Waals surface area contributed by atoms with Crippen molar-refractivity contribution in [2.45, 2.75) is 54.3 Å². The minimum absolute atomic E-state index is 0.0287. The molecule has 41 heavy (non-hydrogen) atoms. The average molecular weight is 581 g/mol. The number of thioether (sulfide) groups is 1.